The van der Waals surface area contributed by atoms with Crippen LogP contribution in [0, 0.1) is 0 Å². The summed E-state index contributed by atoms with van der Waals surface area (Å²) in [6.45, 7) is 3.66. The Bertz CT molecular complexity index is 1620. The molecule has 4 aromatic carbocycles. The van der Waals surface area contributed by atoms with Crippen molar-refractivity contribution in [1.82, 2.24) is 0 Å². The number of fused-ring (bicyclic) bond motifs is 1. The van der Waals surface area contributed by atoms with Crippen LogP contribution in [-0.2, 0) is 11.8 Å². The lowest BCUT2D eigenvalue weighted by Crippen LogP contribution is -2.38. The summed E-state index contributed by atoms with van der Waals surface area (Å²) in [7, 11) is 0. The molecule has 1 heterocycles. The van der Waals surface area contributed by atoms with Crippen LogP contribution in [0.25, 0.3) is 11.1 Å². The van der Waals surface area contributed by atoms with E-state index in [1.165, 1.54) is 24.3 Å². The van der Waals surface area contributed by atoms with E-state index in [9.17, 15) is 39.5 Å². The fraction of sp³-hybridized carbons (Fsp3) is 0.294. The number of hydrogen-bond acceptors (Lipinski definition) is 3. The van der Waals surface area contributed by atoms with E-state index in [0.717, 1.165) is 12.1 Å². The highest BCUT2D eigenvalue weighted by molar-refractivity contribution is 5.69. The molecule has 0 saturated carbocycles. The van der Waals surface area contributed by atoms with Gasteiger partial charge in [0.15, 0.2) is 0 Å². The Morgan fingerprint density at radius 1 is 0.652 bits per heavy atom. The minimum atomic E-state index is -4.96. The highest BCUT2D eigenvalue weighted by Gasteiger charge is 2.45. The van der Waals surface area contributed by atoms with Gasteiger partial charge in [0.25, 0.3) is 0 Å². The van der Waals surface area contributed by atoms with Crippen molar-refractivity contribution in [3.8, 4) is 22.6 Å². The van der Waals surface area contributed by atoms with Crippen LogP contribution in [0.1, 0.15) is 37.0 Å². The van der Waals surface area contributed by atoms with Gasteiger partial charge >= 0.3 is 18.9 Å². The quantitative estimate of drug-likeness (QED) is 0.176. The fourth-order valence-corrected chi connectivity index (χ4v) is 5.68. The second-order valence-corrected chi connectivity index (χ2v) is 10.4. The van der Waals surface area contributed by atoms with Crippen molar-refractivity contribution in [1.29, 1.82) is 0 Å². The largest absolute Gasteiger partial charge is 0.573 e. The van der Waals surface area contributed by atoms with E-state index in [1.807, 2.05) is 13.8 Å². The fourth-order valence-electron chi connectivity index (χ4n) is 5.68. The topological polar surface area (TPSA) is 21.7 Å². The summed E-state index contributed by atoms with van der Waals surface area (Å²) in [5.74, 6) is -0.890. The van der Waals surface area contributed by atoms with Crippen molar-refractivity contribution >= 4 is 5.69 Å². The van der Waals surface area contributed by atoms with Crippen LogP contribution in [-0.4, -0.2) is 32.0 Å². The molecule has 0 fully saturated rings. The average molecular weight is 656 g/mol. The van der Waals surface area contributed by atoms with E-state index >= 15 is 0 Å². The SMILES string of the molecule is CC.FC(F)(F)CCN1CC(Cc2cccc(-c3cccc(OC(F)(F)F)c3)c2)(c2cccc(OC(F)(F)F)c2)c2ccccc21. The lowest BCUT2D eigenvalue weighted by atomic mass is 9.71. The van der Waals surface area contributed by atoms with Gasteiger partial charge in [0.05, 0.1) is 6.42 Å². The van der Waals surface area contributed by atoms with Crippen LogP contribution in [0.3, 0.4) is 0 Å². The third-order valence-corrected chi connectivity index (χ3v) is 7.34. The van der Waals surface area contributed by atoms with Crippen LogP contribution < -0.4 is 14.4 Å². The summed E-state index contributed by atoms with van der Waals surface area (Å²) in [5.41, 5.74) is 2.05. The Kier molecular flexibility index (Phi) is 10.2. The molecule has 46 heavy (non-hydrogen) atoms. The minimum absolute atomic E-state index is 0.0248. The molecule has 0 saturated heterocycles. The Balaban J connectivity index is 0.00000235. The van der Waals surface area contributed by atoms with Gasteiger partial charge in [0, 0.05) is 24.2 Å². The van der Waals surface area contributed by atoms with Gasteiger partial charge in [-0.05, 0) is 64.6 Å². The molecular formula is C34H30F9NO2. The number of benzene rings is 4. The van der Waals surface area contributed by atoms with Crippen LogP contribution in [0.2, 0.25) is 0 Å². The number of rotatable bonds is 8. The van der Waals surface area contributed by atoms with Crippen molar-refractivity contribution in [2.24, 2.45) is 0 Å². The summed E-state index contributed by atoms with van der Waals surface area (Å²) in [6, 6.07) is 24.4. The molecule has 0 bridgehead atoms. The first kappa shape index (κ1) is 34.5. The van der Waals surface area contributed by atoms with E-state index in [1.54, 1.807) is 65.6 Å². The van der Waals surface area contributed by atoms with E-state index < -0.39 is 42.2 Å². The average Bonchev–Trinajstić information content (AvgIpc) is 3.30. The summed E-state index contributed by atoms with van der Waals surface area (Å²) >= 11 is 0. The van der Waals surface area contributed by atoms with Gasteiger partial charge in [-0.1, -0.05) is 80.6 Å². The maximum Gasteiger partial charge on any atom is 0.573 e. The number of anilines is 1. The lowest BCUT2D eigenvalue weighted by molar-refractivity contribution is -0.275. The molecular weight excluding hydrogens is 625 g/mol. The maximum atomic E-state index is 13.3. The molecule has 1 aliphatic rings. The third kappa shape index (κ3) is 8.67. The molecule has 1 unspecified atom stereocenters. The van der Waals surface area contributed by atoms with Gasteiger partial charge in [-0.3, -0.25) is 0 Å². The Labute approximate surface area is 260 Å². The predicted molar refractivity (Wildman–Crippen MR) is 157 cm³/mol. The van der Waals surface area contributed by atoms with Gasteiger partial charge in [-0.15, -0.1) is 26.3 Å². The van der Waals surface area contributed by atoms with Gasteiger partial charge in [-0.2, -0.15) is 13.2 Å². The lowest BCUT2D eigenvalue weighted by Gasteiger charge is -2.32. The van der Waals surface area contributed by atoms with E-state index in [2.05, 4.69) is 9.47 Å². The van der Waals surface area contributed by atoms with E-state index in [4.69, 9.17) is 0 Å². The molecule has 4 aromatic rings. The number of halogens is 9. The van der Waals surface area contributed by atoms with E-state index in [-0.39, 0.29) is 19.5 Å². The highest BCUT2D eigenvalue weighted by atomic mass is 19.4. The molecule has 0 amide bonds. The molecule has 1 aliphatic heterocycles. The highest BCUT2D eigenvalue weighted by Crippen LogP contribution is 2.48. The van der Waals surface area contributed by atoms with E-state index in [0.29, 0.717) is 33.5 Å². The van der Waals surface area contributed by atoms with Crippen molar-refractivity contribution in [3.05, 3.63) is 114 Å². The molecule has 0 radical (unpaired) electrons. The molecule has 0 N–H and O–H groups in total. The predicted octanol–water partition coefficient (Wildman–Crippen LogP) is 10.5. The number of ether oxygens (including phenoxy) is 2. The summed E-state index contributed by atoms with van der Waals surface area (Å²) in [4.78, 5) is 1.57. The smallest absolute Gasteiger partial charge is 0.406 e. The summed E-state index contributed by atoms with van der Waals surface area (Å²) in [6.07, 6.45) is -15.2. The van der Waals surface area contributed by atoms with Gasteiger partial charge in [0.2, 0.25) is 0 Å². The van der Waals surface area contributed by atoms with Crippen LogP contribution in [0.15, 0.2) is 97.1 Å². The van der Waals surface area contributed by atoms with Crippen LogP contribution >= 0.6 is 0 Å². The third-order valence-electron chi connectivity index (χ3n) is 7.34. The summed E-state index contributed by atoms with van der Waals surface area (Å²) < 4.78 is 126. The second-order valence-electron chi connectivity index (χ2n) is 10.4. The Hall–Kier alpha value is -4.35. The molecule has 0 spiro atoms. The van der Waals surface area contributed by atoms with Gasteiger partial charge < -0.3 is 14.4 Å². The van der Waals surface area contributed by atoms with Crippen molar-refractivity contribution in [2.45, 2.75) is 51.0 Å². The summed E-state index contributed by atoms with van der Waals surface area (Å²) in [5, 5.41) is 0. The monoisotopic (exact) mass is 655 g/mol. The molecule has 5 rings (SSSR count). The van der Waals surface area contributed by atoms with Crippen LogP contribution in [0.4, 0.5) is 45.2 Å². The number of hydrogen-bond donors (Lipinski definition) is 0. The maximum absolute atomic E-state index is 13.3. The zero-order valence-electron chi connectivity index (χ0n) is 24.7. The molecule has 3 nitrogen and oxygen atoms in total. The first-order valence-electron chi connectivity index (χ1n) is 14.3. The zero-order valence-corrected chi connectivity index (χ0v) is 24.7. The van der Waals surface area contributed by atoms with Gasteiger partial charge in [0.1, 0.15) is 11.5 Å². The molecule has 12 heteroatoms. The molecule has 0 aromatic heterocycles. The first-order valence-corrected chi connectivity index (χ1v) is 14.3. The normalized spacial score (nSPS) is 16.4. The molecule has 0 aliphatic carbocycles. The Morgan fingerprint density at radius 2 is 1.22 bits per heavy atom. The van der Waals surface area contributed by atoms with Crippen molar-refractivity contribution < 1.29 is 49.0 Å². The second kappa shape index (κ2) is 13.6. The number of alkyl halides is 9. The van der Waals surface area contributed by atoms with Crippen molar-refractivity contribution in [2.75, 3.05) is 18.0 Å². The van der Waals surface area contributed by atoms with Crippen molar-refractivity contribution in [3.63, 3.8) is 0 Å². The standard InChI is InChI=1S/C32H24F9NO2.C2H6/c33-30(34,35)14-15-42-20-29(27-12-1-2-13-28(27)42,24-9-5-11-26(18-24)44-32(39,40)41)19-21-6-3-7-22(16-21)23-8-4-10-25(17-23)43-31(36,37)38;1-2/h1-13,16-18H,14-15,19-20H2;1-2H3. The molecule has 246 valence electrons. The van der Waals surface area contributed by atoms with Gasteiger partial charge in [-0.25, -0.2) is 0 Å². The van der Waals surface area contributed by atoms with Crippen LogP contribution in [0.5, 0.6) is 11.5 Å². The number of para-hydroxylation sites is 1. The minimum Gasteiger partial charge on any atom is -0.406 e. The Morgan fingerprint density at radius 3 is 1.85 bits per heavy atom. The molecule has 1 atom stereocenters. The zero-order chi connectivity index (χ0) is 33.8. The first-order chi connectivity index (χ1) is 21.6. The number of nitrogens with zero attached hydrogens (tertiary/aromatic N) is 1.